The van der Waals surface area contributed by atoms with Gasteiger partial charge in [-0.15, -0.1) is 9.60 Å². The third kappa shape index (κ3) is 4.85. The fourth-order valence-electron chi connectivity index (χ4n) is 8.41. The van der Waals surface area contributed by atoms with E-state index in [9.17, 15) is 0 Å². The van der Waals surface area contributed by atoms with Gasteiger partial charge in [0.25, 0.3) is 12.5 Å². The molecule has 1 aromatic heterocycles. The molecular weight excluding hydrogens is 653 g/mol. The maximum absolute atomic E-state index is 5.57. The van der Waals surface area contributed by atoms with E-state index in [1.54, 1.807) is 0 Å². The van der Waals surface area contributed by atoms with Gasteiger partial charge in [-0.3, -0.25) is 4.57 Å². The molecule has 0 aliphatic carbocycles. The van der Waals surface area contributed by atoms with E-state index < -0.39 is 0 Å². The molecule has 1 fully saturated rings. The van der Waals surface area contributed by atoms with E-state index in [0.717, 1.165) is 11.4 Å². The minimum absolute atomic E-state index is 0.158. The van der Waals surface area contributed by atoms with Gasteiger partial charge in [-0.05, 0) is 30.3 Å². The minimum atomic E-state index is -0.300. The summed E-state index contributed by atoms with van der Waals surface area (Å²) in [6.45, 7) is 0. The molecular formula is C47H38N4S+2. The van der Waals surface area contributed by atoms with Crippen LogP contribution in [0.15, 0.2) is 209 Å². The number of rotatable bonds is 8. The fourth-order valence-corrected chi connectivity index (χ4v) is 11.0. The third-order valence-corrected chi connectivity index (χ3v) is 13.3. The van der Waals surface area contributed by atoms with Crippen molar-refractivity contribution < 1.29 is 4.59 Å². The van der Waals surface area contributed by atoms with Gasteiger partial charge in [-0.2, -0.15) is 4.99 Å². The minimum Gasteiger partial charge on any atom is -0.269 e. The van der Waals surface area contributed by atoms with Crippen molar-refractivity contribution >= 4 is 38.5 Å². The number of hydrogen-bond donors (Lipinski definition) is 0. The van der Waals surface area contributed by atoms with E-state index in [4.69, 9.17) is 4.99 Å². The number of hydrogen-bond acceptors (Lipinski definition) is 2. The highest BCUT2D eigenvalue weighted by atomic mass is 32.2. The molecule has 4 nitrogen and oxygen atoms in total. The molecule has 0 saturated carbocycles. The van der Waals surface area contributed by atoms with E-state index in [2.05, 4.69) is 211 Å². The predicted molar refractivity (Wildman–Crippen MR) is 214 cm³/mol. The quantitative estimate of drug-likeness (QED) is 0.0883. The van der Waals surface area contributed by atoms with Gasteiger partial charge < -0.3 is 0 Å². The van der Waals surface area contributed by atoms with Crippen molar-refractivity contribution in [1.82, 2.24) is 9.58 Å². The van der Waals surface area contributed by atoms with Gasteiger partial charge in [0.1, 0.15) is 0 Å². The molecule has 2 aliphatic heterocycles. The normalized spacial score (nSPS) is 19.9. The number of aromatic nitrogens is 1. The highest BCUT2D eigenvalue weighted by Crippen LogP contribution is 2.60. The average Bonchev–Trinajstić information content (AvgIpc) is 3.55. The number of para-hydroxylation sites is 1. The van der Waals surface area contributed by atoms with Crippen molar-refractivity contribution in [1.29, 1.82) is 0 Å². The van der Waals surface area contributed by atoms with Crippen molar-refractivity contribution in [2.75, 3.05) is 7.05 Å². The van der Waals surface area contributed by atoms with Gasteiger partial charge in [0, 0.05) is 39.1 Å². The molecule has 3 heterocycles. The molecule has 0 spiro atoms. The lowest BCUT2D eigenvalue weighted by Crippen LogP contribution is -2.30. The molecule has 10 rings (SSSR count). The van der Waals surface area contributed by atoms with Crippen molar-refractivity contribution in [3.05, 3.63) is 216 Å². The van der Waals surface area contributed by atoms with Crippen molar-refractivity contribution in [2.45, 2.75) is 27.5 Å². The molecule has 1 saturated heterocycles. The second kappa shape index (κ2) is 12.4. The summed E-state index contributed by atoms with van der Waals surface area (Å²) in [4.78, 5) is 8.23. The first-order valence-corrected chi connectivity index (χ1v) is 19.2. The summed E-state index contributed by atoms with van der Waals surface area (Å²) < 4.78 is 3.18. The lowest BCUT2D eigenvalue weighted by molar-refractivity contribution is -0.885. The Morgan fingerprint density at radius 2 is 1.08 bits per heavy atom. The summed E-state index contributed by atoms with van der Waals surface area (Å²) >= 11 is 0. The average molecular weight is 691 g/mol. The Morgan fingerprint density at radius 3 is 1.73 bits per heavy atom. The van der Waals surface area contributed by atoms with Crippen LogP contribution in [-0.4, -0.2) is 27.1 Å². The van der Waals surface area contributed by atoms with Crippen molar-refractivity contribution in [3.63, 3.8) is 0 Å². The van der Waals surface area contributed by atoms with E-state index >= 15 is 0 Å². The number of fused-ring (bicyclic) bond motifs is 4. The van der Waals surface area contributed by atoms with Crippen LogP contribution in [0.2, 0.25) is 0 Å². The largest absolute Gasteiger partial charge is 0.294 e. The summed E-state index contributed by atoms with van der Waals surface area (Å²) in [5, 5.41) is 5.17. The van der Waals surface area contributed by atoms with Crippen LogP contribution < -0.4 is 0 Å². The standard InChI is InChI=1S/C47H38N4S/c1-51-46(37-25-13-5-14-26-37)50(51)45(36-23-11-4-12-24-36)48-47(51)49-42-30-18-17-29-40(42)41-33-39(31-32-43(41)49)52(38-27-15-6-16-28-38)44(34-19-7-2-8-20-34)35-21-9-3-10-22-35/h2-33,44,46-47H,1H3/q+2. The van der Waals surface area contributed by atoms with Crippen molar-refractivity contribution in [3.8, 4) is 0 Å². The highest BCUT2D eigenvalue weighted by molar-refractivity contribution is 7.97. The fraction of sp³-hybridized carbons (Fsp3) is 0.0851. The molecule has 4 unspecified atom stereocenters. The number of aliphatic imine (C=N–C) groups is 1. The first kappa shape index (κ1) is 30.9. The molecule has 250 valence electrons. The van der Waals surface area contributed by atoms with Gasteiger partial charge in [-0.25, -0.2) is 0 Å². The van der Waals surface area contributed by atoms with Gasteiger partial charge in [0.05, 0.1) is 29.0 Å². The second-order valence-corrected chi connectivity index (χ2v) is 15.9. The number of amidine groups is 1. The predicted octanol–water partition coefficient (Wildman–Crippen LogP) is 10.9. The molecule has 8 aromatic rings. The Kier molecular flexibility index (Phi) is 7.38. The zero-order valence-electron chi connectivity index (χ0n) is 28.9. The van der Waals surface area contributed by atoms with Gasteiger partial charge in [0.15, 0.2) is 20.9 Å². The highest BCUT2D eigenvalue weighted by Gasteiger charge is 2.73. The van der Waals surface area contributed by atoms with Crippen LogP contribution in [-0.2, 0) is 10.9 Å². The van der Waals surface area contributed by atoms with Crippen LogP contribution in [0.5, 0.6) is 0 Å². The Labute approximate surface area is 307 Å². The monoisotopic (exact) mass is 690 g/mol. The number of nitrogens with zero attached hydrogens (tertiary/aromatic N) is 4. The number of benzene rings is 7. The summed E-state index contributed by atoms with van der Waals surface area (Å²) in [6.07, 6.45) is 0.0123. The van der Waals surface area contributed by atoms with Gasteiger partial charge in [0.2, 0.25) is 0 Å². The second-order valence-electron chi connectivity index (χ2n) is 13.8. The first-order valence-electron chi connectivity index (χ1n) is 18.0. The zero-order chi connectivity index (χ0) is 34.6. The summed E-state index contributed by atoms with van der Waals surface area (Å²) in [6, 6.07) is 70.9. The van der Waals surface area contributed by atoms with E-state index in [1.807, 2.05) is 0 Å². The van der Waals surface area contributed by atoms with Gasteiger partial charge in [-0.1, -0.05) is 158 Å². The first-order chi connectivity index (χ1) is 25.7. The molecule has 7 aromatic carbocycles. The smallest absolute Gasteiger partial charge is 0.269 e. The zero-order valence-corrected chi connectivity index (χ0v) is 29.7. The van der Waals surface area contributed by atoms with Gasteiger partial charge >= 0.3 is 0 Å². The third-order valence-electron chi connectivity index (χ3n) is 10.8. The molecule has 0 bridgehead atoms. The molecule has 5 heteroatoms. The van der Waals surface area contributed by atoms with Crippen LogP contribution in [0.3, 0.4) is 0 Å². The van der Waals surface area contributed by atoms with E-state index in [0.29, 0.717) is 4.59 Å². The van der Waals surface area contributed by atoms with E-state index in [1.165, 1.54) is 48.3 Å². The van der Waals surface area contributed by atoms with Crippen LogP contribution in [0.1, 0.15) is 40.0 Å². The Bertz CT molecular complexity index is 2510. The van der Waals surface area contributed by atoms with E-state index in [-0.39, 0.29) is 28.6 Å². The number of quaternary nitrogens is 1. The summed E-state index contributed by atoms with van der Waals surface area (Å²) in [5.41, 5.74) is 7.51. The lowest BCUT2D eigenvalue weighted by atomic mass is 10.0. The van der Waals surface area contributed by atoms with Crippen LogP contribution >= 0.6 is 0 Å². The lowest BCUT2D eigenvalue weighted by Gasteiger charge is -2.21. The molecule has 2 aliphatic rings. The Morgan fingerprint density at radius 1 is 0.538 bits per heavy atom. The maximum atomic E-state index is 5.57. The maximum Gasteiger partial charge on any atom is 0.294 e. The SMILES string of the molecule is C[N+]12C(c3ccccc3)N1C(c1ccccc1)=NC2n1c2ccccc2c2cc([S+](c3ccccc3)C(c3ccccc3)c3ccccc3)ccc21. The molecule has 0 N–H and O–H groups in total. The summed E-state index contributed by atoms with van der Waals surface area (Å²) in [7, 11) is 2.04. The Hall–Kier alpha value is -5.88. The van der Waals surface area contributed by atoms with Crippen LogP contribution in [0.4, 0.5) is 0 Å². The molecule has 4 atom stereocenters. The van der Waals surface area contributed by atoms with Crippen LogP contribution in [0.25, 0.3) is 21.8 Å². The van der Waals surface area contributed by atoms with Crippen molar-refractivity contribution in [2.24, 2.45) is 4.99 Å². The van der Waals surface area contributed by atoms with Crippen LogP contribution in [0, 0.1) is 0 Å². The Balaban J connectivity index is 1.18. The molecule has 0 amide bonds. The summed E-state index contributed by atoms with van der Waals surface area (Å²) in [5.74, 6) is 1.05. The molecule has 0 radical (unpaired) electrons. The molecule has 52 heavy (non-hydrogen) atoms. The topological polar surface area (TPSA) is 20.3 Å².